The van der Waals surface area contributed by atoms with Gasteiger partial charge < -0.3 is 9.97 Å². The van der Waals surface area contributed by atoms with Gasteiger partial charge in [-0.05, 0) is 62.0 Å². The van der Waals surface area contributed by atoms with Gasteiger partial charge in [-0.25, -0.2) is 4.98 Å². The van der Waals surface area contributed by atoms with Crippen LogP contribution in [0.4, 0.5) is 0 Å². The first-order chi connectivity index (χ1) is 24.6. The number of fused-ring (bicyclic) bond motifs is 1. The fraction of sp³-hybridized carbons (Fsp3) is 0.692. The molecule has 0 aliphatic carbocycles. The summed E-state index contributed by atoms with van der Waals surface area (Å²) in [7, 11) is 0. The van der Waals surface area contributed by atoms with Gasteiger partial charge in [0.1, 0.15) is 5.82 Å². The van der Waals surface area contributed by atoms with Gasteiger partial charge in [0.25, 0.3) is 0 Å². The number of imidazole rings is 1. The molecule has 2 N–H and O–H groups in total. The van der Waals surface area contributed by atoms with Gasteiger partial charge in [-0.1, -0.05) is 199 Å². The second-order valence-electron chi connectivity index (χ2n) is 25.2. The van der Waals surface area contributed by atoms with Gasteiger partial charge in [-0.2, -0.15) is 0 Å². The third-order valence-electron chi connectivity index (χ3n) is 9.58. The van der Waals surface area contributed by atoms with E-state index in [0.29, 0.717) is 0 Å². The van der Waals surface area contributed by atoms with Crippen LogP contribution in [0.15, 0.2) is 36.7 Å². The van der Waals surface area contributed by atoms with Crippen molar-refractivity contribution in [3.8, 4) is 0 Å². The minimum Gasteiger partial charge on any atom is -0.358 e. The molecule has 0 unspecified atom stereocenters. The number of rotatable bonds is 0. The Morgan fingerprint density at radius 3 is 1.14 bits per heavy atom. The highest BCUT2D eigenvalue weighted by Gasteiger charge is 2.29. The molecule has 318 valence electrons. The molecule has 3 aromatic heterocycles. The van der Waals surface area contributed by atoms with Gasteiger partial charge in [0.15, 0.2) is 0 Å². The van der Waals surface area contributed by atoms with Crippen LogP contribution in [0.1, 0.15) is 232 Å². The number of benzene rings is 1. The zero-order chi connectivity index (χ0) is 44.4. The quantitative estimate of drug-likeness (QED) is 0.187. The maximum atomic E-state index is 4.78. The molecule has 0 fully saturated rings. The van der Waals surface area contributed by atoms with Gasteiger partial charge in [0, 0.05) is 62.0 Å². The Morgan fingerprint density at radius 2 is 0.821 bits per heavy atom. The number of aromatic nitrogens is 4. The minimum absolute atomic E-state index is 0.0963. The monoisotopic (exact) mass is 771 g/mol. The number of nitrogens with one attached hydrogen (secondary N) is 2. The fourth-order valence-electron chi connectivity index (χ4n) is 5.80. The zero-order valence-corrected chi connectivity index (χ0v) is 41.9. The lowest BCUT2D eigenvalue weighted by molar-refractivity contribution is 0.505. The van der Waals surface area contributed by atoms with Crippen molar-refractivity contribution in [3.63, 3.8) is 0 Å². The van der Waals surface area contributed by atoms with E-state index >= 15 is 0 Å². The molecule has 0 amide bonds. The zero-order valence-electron chi connectivity index (χ0n) is 41.9. The highest BCUT2D eigenvalue weighted by atomic mass is 14.9. The molecular formula is C52H90N4. The van der Waals surface area contributed by atoms with E-state index in [1.54, 1.807) is 0 Å². The smallest absolute Gasteiger partial charge is 0.111 e. The van der Waals surface area contributed by atoms with Gasteiger partial charge in [0.2, 0.25) is 0 Å². The summed E-state index contributed by atoms with van der Waals surface area (Å²) < 4.78 is 0. The molecule has 1 aromatic carbocycles. The first-order valence-electron chi connectivity index (χ1n) is 21.3. The Labute approximate surface area is 347 Å². The predicted octanol–water partition coefficient (Wildman–Crippen LogP) is 15.7. The summed E-state index contributed by atoms with van der Waals surface area (Å²) in [5.74, 6) is 1.90. The molecular weight excluding hydrogens is 681 g/mol. The lowest BCUT2D eigenvalue weighted by Gasteiger charge is -2.31. The SMILES string of the molecule is CC(C)(C)c1cc(C(C)(C)C)c2[nH]c(C(C)(C)C)cc2c1.CC(C)(C)c1cnc(C(C)(C)C)[nH]1.CC(C)(C)c1cnc(C(C)(C)C)c(C(C)(C)C)c1.CC(C)C. The molecule has 4 rings (SSSR count). The Kier molecular flexibility index (Phi) is 16.0. The van der Waals surface area contributed by atoms with Crippen molar-refractivity contribution in [2.45, 2.75) is 230 Å². The summed E-state index contributed by atoms with van der Waals surface area (Å²) >= 11 is 0. The van der Waals surface area contributed by atoms with E-state index in [-0.39, 0.29) is 43.3 Å². The molecule has 4 heteroatoms. The maximum absolute atomic E-state index is 4.78. The number of hydrogen-bond acceptors (Lipinski definition) is 2. The highest BCUT2D eigenvalue weighted by molar-refractivity contribution is 5.86. The van der Waals surface area contributed by atoms with Gasteiger partial charge in [-0.3, -0.25) is 4.98 Å². The van der Waals surface area contributed by atoms with Crippen molar-refractivity contribution in [3.05, 3.63) is 81.8 Å². The van der Waals surface area contributed by atoms with Crippen molar-refractivity contribution in [2.75, 3.05) is 0 Å². The van der Waals surface area contributed by atoms with Crippen LogP contribution in [-0.2, 0) is 43.3 Å². The van der Waals surface area contributed by atoms with Crippen LogP contribution < -0.4 is 0 Å². The Bertz CT molecular complexity index is 1790. The predicted molar refractivity (Wildman–Crippen MR) is 251 cm³/mol. The lowest BCUT2D eigenvalue weighted by Crippen LogP contribution is -2.25. The number of nitrogens with zero attached hydrogens (tertiary/aromatic N) is 2. The molecule has 3 heterocycles. The van der Waals surface area contributed by atoms with E-state index < -0.39 is 0 Å². The third kappa shape index (κ3) is 15.5. The number of hydrogen-bond donors (Lipinski definition) is 2. The molecule has 0 saturated carbocycles. The van der Waals surface area contributed by atoms with Crippen LogP contribution in [-0.4, -0.2) is 19.9 Å². The Balaban J connectivity index is 0.000000409. The molecule has 4 aromatic rings. The summed E-state index contributed by atoms with van der Waals surface area (Å²) in [5, 5.41) is 1.34. The lowest BCUT2D eigenvalue weighted by atomic mass is 9.76. The minimum atomic E-state index is 0.0963. The molecule has 0 atom stereocenters. The van der Waals surface area contributed by atoms with E-state index in [1.807, 2.05) is 6.20 Å². The van der Waals surface area contributed by atoms with Gasteiger partial charge in [0.05, 0.1) is 0 Å². The largest absolute Gasteiger partial charge is 0.358 e. The van der Waals surface area contributed by atoms with E-state index in [1.165, 1.54) is 50.2 Å². The molecule has 0 saturated heterocycles. The summed E-state index contributed by atoms with van der Waals surface area (Å²) in [5.41, 5.74) is 11.7. The van der Waals surface area contributed by atoms with E-state index in [0.717, 1.165) is 11.7 Å². The Hall–Kier alpha value is -2.88. The van der Waals surface area contributed by atoms with Crippen LogP contribution in [0, 0.1) is 5.92 Å². The number of pyridine rings is 1. The highest BCUT2D eigenvalue weighted by Crippen LogP contribution is 2.38. The average molecular weight is 771 g/mol. The van der Waals surface area contributed by atoms with Crippen molar-refractivity contribution >= 4 is 10.9 Å². The third-order valence-corrected chi connectivity index (χ3v) is 9.58. The summed E-state index contributed by atoms with van der Waals surface area (Å²) in [6.07, 6.45) is 4.00. The second kappa shape index (κ2) is 17.5. The molecule has 0 aliphatic rings. The van der Waals surface area contributed by atoms with Crippen molar-refractivity contribution in [1.82, 2.24) is 19.9 Å². The van der Waals surface area contributed by atoms with E-state index in [2.05, 4.69) is 232 Å². The van der Waals surface area contributed by atoms with Crippen molar-refractivity contribution in [1.29, 1.82) is 0 Å². The topological polar surface area (TPSA) is 57.4 Å². The number of H-pyrrole nitrogens is 2. The van der Waals surface area contributed by atoms with Gasteiger partial charge >= 0.3 is 0 Å². The van der Waals surface area contributed by atoms with E-state index in [4.69, 9.17) is 4.98 Å². The van der Waals surface area contributed by atoms with Crippen LogP contribution >= 0.6 is 0 Å². The second-order valence-corrected chi connectivity index (χ2v) is 25.2. The van der Waals surface area contributed by atoms with Crippen molar-refractivity contribution < 1.29 is 0 Å². The standard InChI is InChI=1S/C20H31N.C17H29N.C11H20N2.C4H10/c1-18(2,3)14-10-13-11-16(20(7,8)9)21-17(13)15(12-14)19(4,5)6;1-15(2,3)12-10-13(16(4,5)6)14(18-11-12)17(7,8)9;1-10(2,3)8-7-12-9(13-8)11(4,5)6;1-4(2)3/h10-12,21H,1-9H3;10-11H,1-9H3;7H,1-6H3,(H,12,13);4H,1-3H3. The van der Waals surface area contributed by atoms with Crippen LogP contribution in [0.25, 0.3) is 10.9 Å². The molecule has 0 spiro atoms. The van der Waals surface area contributed by atoms with Gasteiger partial charge in [-0.15, -0.1) is 0 Å². The molecule has 56 heavy (non-hydrogen) atoms. The van der Waals surface area contributed by atoms with Crippen LogP contribution in [0.5, 0.6) is 0 Å². The summed E-state index contributed by atoms with van der Waals surface area (Å²) in [6.45, 7) is 60.4. The number of aromatic amines is 2. The molecule has 0 radical (unpaired) electrons. The molecule has 4 nitrogen and oxygen atoms in total. The van der Waals surface area contributed by atoms with E-state index in [9.17, 15) is 0 Å². The molecule has 0 aliphatic heterocycles. The van der Waals surface area contributed by atoms with Crippen LogP contribution in [0.2, 0.25) is 0 Å². The fourth-order valence-corrected chi connectivity index (χ4v) is 5.80. The van der Waals surface area contributed by atoms with Crippen LogP contribution in [0.3, 0.4) is 0 Å². The Morgan fingerprint density at radius 1 is 0.393 bits per heavy atom. The maximum Gasteiger partial charge on any atom is 0.111 e. The summed E-state index contributed by atoms with van der Waals surface area (Å²) in [4.78, 5) is 16.3. The van der Waals surface area contributed by atoms with Crippen molar-refractivity contribution in [2.24, 2.45) is 5.92 Å². The first-order valence-corrected chi connectivity index (χ1v) is 21.3. The summed E-state index contributed by atoms with van der Waals surface area (Å²) in [6, 6.07) is 9.44. The normalized spacial score (nSPS) is 13.4. The first kappa shape index (κ1) is 51.1. The average Bonchev–Trinajstić information content (AvgIpc) is 3.63. The molecule has 0 bridgehead atoms.